The molecule has 0 bridgehead atoms. The molecule has 0 fully saturated rings. The van der Waals surface area contributed by atoms with Crippen molar-refractivity contribution in [2.24, 2.45) is 0 Å². The van der Waals surface area contributed by atoms with Crippen LogP contribution in [0.3, 0.4) is 0 Å². The average Bonchev–Trinajstić information content (AvgIpc) is 2.86. The zero-order valence-electron chi connectivity index (χ0n) is 27.0. The Morgan fingerprint density at radius 2 is 0.725 bits per heavy atom. The Morgan fingerprint density at radius 1 is 0.425 bits per heavy atom. The van der Waals surface area contributed by atoms with Crippen molar-refractivity contribution in [3.63, 3.8) is 0 Å². The van der Waals surface area contributed by atoms with Crippen molar-refractivity contribution in [1.82, 2.24) is 0 Å². The first-order valence-electron chi connectivity index (χ1n) is 15.2. The molecule has 0 saturated heterocycles. The van der Waals surface area contributed by atoms with Crippen LogP contribution >= 0.6 is 0 Å². The molecule has 0 atom stereocenters. The standard InChI is InChI=1S/C36H58O4/c1-29(2)15-11-17-31(5)19-13-21-33(7)25-27-39-35(37)23-9-10-24-36(38)40-28-26-34(8)22-14-20-32(6)18-12-16-30(3)4/h15-16,19-20,25-26H,9-14,17-18,21-24,27-28H2,1-8H3. The molecule has 4 nitrogen and oxygen atoms in total. The van der Waals surface area contributed by atoms with E-state index in [4.69, 9.17) is 9.47 Å². The van der Waals surface area contributed by atoms with E-state index in [1.165, 1.54) is 33.4 Å². The Bertz CT molecular complexity index is 840. The molecule has 0 aliphatic rings. The van der Waals surface area contributed by atoms with E-state index in [0.717, 1.165) is 51.4 Å². The second-order valence-electron chi connectivity index (χ2n) is 11.5. The highest BCUT2D eigenvalue weighted by atomic mass is 16.5. The SMILES string of the molecule is CC(C)=CCCC(C)=CCCC(C)=CCOC(=O)CCCCC(=O)OCC=C(C)CCC=C(C)CCC=C(C)C. The Balaban J connectivity index is 3.95. The van der Waals surface area contributed by atoms with Gasteiger partial charge in [-0.15, -0.1) is 0 Å². The van der Waals surface area contributed by atoms with Gasteiger partial charge in [-0.1, -0.05) is 57.7 Å². The Hall–Kier alpha value is -2.62. The fraction of sp³-hybridized carbons (Fsp3) is 0.611. The van der Waals surface area contributed by atoms with Gasteiger partial charge in [0.05, 0.1) is 0 Å². The van der Waals surface area contributed by atoms with E-state index in [-0.39, 0.29) is 11.9 Å². The van der Waals surface area contributed by atoms with Gasteiger partial charge in [-0.05, 0) is 132 Å². The Morgan fingerprint density at radius 3 is 1.05 bits per heavy atom. The molecule has 0 rings (SSSR count). The average molecular weight is 555 g/mol. The summed E-state index contributed by atoms with van der Waals surface area (Å²) in [5.74, 6) is -0.431. The van der Waals surface area contributed by atoms with Crippen LogP contribution in [0.4, 0.5) is 0 Å². The highest BCUT2D eigenvalue weighted by Gasteiger charge is 2.06. The van der Waals surface area contributed by atoms with E-state index < -0.39 is 0 Å². The van der Waals surface area contributed by atoms with E-state index in [1.54, 1.807) is 0 Å². The van der Waals surface area contributed by atoms with Gasteiger partial charge < -0.3 is 9.47 Å². The maximum atomic E-state index is 12.0. The first kappa shape index (κ1) is 37.4. The van der Waals surface area contributed by atoms with Gasteiger partial charge in [-0.3, -0.25) is 9.59 Å². The fourth-order valence-electron chi connectivity index (χ4n) is 3.91. The third kappa shape index (κ3) is 25.6. The lowest BCUT2D eigenvalue weighted by Crippen LogP contribution is -2.07. The van der Waals surface area contributed by atoms with Crippen molar-refractivity contribution in [3.05, 3.63) is 69.9 Å². The zero-order chi connectivity index (χ0) is 30.2. The van der Waals surface area contributed by atoms with E-state index in [9.17, 15) is 9.59 Å². The van der Waals surface area contributed by atoms with E-state index in [1.807, 2.05) is 12.2 Å². The van der Waals surface area contributed by atoms with E-state index >= 15 is 0 Å². The molecule has 0 aromatic heterocycles. The van der Waals surface area contributed by atoms with Gasteiger partial charge >= 0.3 is 11.9 Å². The largest absolute Gasteiger partial charge is 0.461 e. The normalized spacial score (nSPS) is 12.7. The monoisotopic (exact) mass is 554 g/mol. The topological polar surface area (TPSA) is 52.6 Å². The molecule has 0 aliphatic heterocycles. The fourth-order valence-corrected chi connectivity index (χ4v) is 3.91. The third-order valence-electron chi connectivity index (χ3n) is 6.61. The van der Waals surface area contributed by atoms with Gasteiger partial charge in [-0.25, -0.2) is 0 Å². The highest BCUT2D eigenvalue weighted by molar-refractivity contribution is 5.70. The number of allylic oxidation sites excluding steroid dienone is 10. The van der Waals surface area contributed by atoms with Gasteiger partial charge in [0, 0.05) is 12.8 Å². The lowest BCUT2D eigenvalue weighted by molar-refractivity contribution is -0.144. The number of unbranched alkanes of at least 4 members (excludes halogenated alkanes) is 1. The molecule has 0 unspecified atom stereocenters. The summed E-state index contributed by atoms with van der Waals surface area (Å²) in [7, 11) is 0. The number of carbonyl (C=O) groups is 2. The zero-order valence-corrected chi connectivity index (χ0v) is 27.0. The molecular weight excluding hydrogens is 496 g/mol. The van der Waals surface area contributed by atoms with Crippen LogP contribution in [-0.2, 0) is 19.1 Å². The molecule has 0 spiro atoms. The summed E-state index contributed by atoms with van der Waals surface area (Å²) in [6.07, 6.45) is 23.4. The van der Waals surface area contributed by atoms with Crippen molar-refractivity contribution in [2.45, 2.75) is 132 Å². The summed E-state index contributed by atoms with van der Waals surface area (Å²) < 4.78 is 10.6. The van der Waals surface area contributed by atoms with Gasteiger partial charge in [0.1, 0.15) is 13.2 Å². The predicted molar refractivity (Wildman–Crippen MR) is 171 cm³/mol. The molecule has 4 heteroatoms. The van der Waals surface area contributed by atoms with Crippen molar-refractivity contribution in [2.75, 3.05) is 13.2 Å². The summed E-state index contributed by atoms with van der Waals surface area (Å²) in [6.45, 7) is 17.7. The van der Waals surface area contributed by atoms with Gasteiger partial charge in [-0.2, -0.15) is 0 Å². The summed E-state index contributed by atoms with van der Waals surface area (Å²) in [5, 5.41) is 0. The number of hydrogen-bond donors (Lipinski definition) is 0. The van der Waals surface area contributed by atoms with E-state index in [2.05, 4.69) is 79.7 Å². The number of rotatable bonds is 21. The molecule has 0 saturated carbocycles. The first-order chi connectivity index (χ1) is 19.0. The van der Waals surface area contributed by atoms with Gasteiger partial charge in [0.15, 0.2) is 0 Å². The molecule has 0 aromatic carbocycles. The summed E-state index contributed by atoms with van der Waals surface area (Å²) in [5.41, 5.74) is 8.05. The minimum atomic E-state index is -0.216. The molecule has 0 amide bonds. The predicted octanol–water partition coefficient (Wildman–Crippen LogP) is 10.5. The van der Waals surface area contributed by atoms with Crippen LogP contribution in [0, 0.1) is 0 Å². The smallest absolute Gasteiger partial charge is 0.306 e. The molecule has 0 N–H and O–H groups in total. The van der Waals surface area contributed by atoms with Crippen LogP contribution in [0.5, 0.6) is 0 Å². The molecule has 0 aromatic rings. The molecule has 0 aliphatic carbocycles. The van der Waals surface area contributed by atoms with Gasteiger partial charge in [0.2, 0.25) is 0 Å². The van der Waals surface area contributed by atoms with Crippen molar-refractivity contribution in [1.29, 1.82) is 0 Å². The minimum absolute atomic E-state index is 0.216. The Labute approximate surface area is 246 Å². The van der Waals surface area contributed by atoms with Crippen molar-refractivity contribution in [3.8, 4) is 0 Å². The summed E-state index contributed by atoms with van der Waals surface area (Å²) in [4.78, 5) is 24.0. The number of hydrogen-bond acceptors (Lipinski definition) is 4. The summed E-state index contributed by atoms with van der Waals surface area (Å²) >= 11 is 0. The number of ether oxygens (including phenoxy) is 2. The highest BCUT2D eigenvalue weighted by Crippen LogP contribution is 2.13. The second kappa shape index (κ2) is 24.2. The minimum Gasteiger partial charge on any atom is -0.461 e. The van der Waals surface area contributed by atoms with Crippen molar-refractivity contribution < 1.29 is 19.1 Å². The first-order valence-corrected chi connectivity index (χ1v) is 15.2. The number of carbonyl (C=O) groups excluding carboxylic acids is 2. The maximum absolute atomic E-state index is 12.0. The van der Waals surface area contributed by atoms with Crippen LogP contribution < -0.4 is 0 Å². The van der Waals surface area contributed by atoms with E-state index in [0.29, 0.717) is 38.9 Å². The van der Waals surface area contributed by atoms with Crippen LogP contribution in [0.2, 0.25) is 0 Å². The van der Waals surface area contributed by atoms with Crippen LogP contribution in [0.25, 0.3) is 0 Å². The second-order valence-corrected chi connectivity index (χ2v) is 11.5. The lowest BCUT2D eigenvalue weighted by Gasteiger charge is -2.05. The number of esters is 2. The van der Waals surface area contributed by atoms with Crippen LogP contribution in [-0.4, -0.2) is 25.2 Å². The van der Waals surface area contributed by atoms with Crippen molar-refractivity contribution >= 4 is 11.9 Å². The molecule has 226 valence electrons. The maximum Gasteiger partial charge on any atom is 0.306 e. The molecule has 40 heavy (non-hydrogen) atoms. The molecule has 0 heterocycles. The Kier molecular flexibility index (Phi) is 22.6. The van der Waals surface area contributed by atoms with Gasteiger partial charge in [0.25, 0.3) is 0 Å². The molecule has 0 radical (unpaired) electrons. The lowest BCUT2D eigenvalue weighted by atomic mass is 10.1. The van der Waals surface area contributed by atoms with Crippen LogP contribution in [0.15, 0.2) is 69.9 Å². The third-order valence-corrected chi connectivity index (χ3v) is 6.61. The molecular formula is C36H58O4. The quantitative estimate of drug-likeness (QED) is 0.0804. The summed E-state index contributed by atoms with van der Waals surface area (Å²) in [6, 6.07) is 0. The van der Waals surface area contributed by atoms with Crippen LogP contribution in [0.1, 0.15) is 132 Å².